The van der Waals surface area contributed by atoms with Crippen LogP contribution >= 0.6 is 22.6 Å². The first-order valence-electron chi connectivity index (χ1n) is 6.46. The number of rotatable bonds is 1. The lowest BCUT2D eigenvalue weighted by molar-refractivity contribution is -0.141. The van der Waals surface area contributed by atoms with Gasteiger partial charge in [0.25, 0.3) is 0 Å². The predicted molar refractivity (Wildman–Crippen MR) is 75.2 cm³/mol. The minimum Gasteiger partial charge on any atom is -0.375 e. The molecule has 1 aliphatic carbocycles. The Hall–Kier alpha value is -0.100. The molecule has 1 saturated carbocycles. The molecule has 3 nitrogen and oxygen atoms in total. The van der Waals surface area contributed by atoms with Crippen molar-refractivity contribution in [1.29, 1.82) is 0 Å². The third kappa shape index (κ3) is 1.93. The number of nitrogens with zero attached hydrogens (tertiary/aromatic N) is 2. The second-order valence-electron chi connectivity index (χ2n) is 5.46. The van der Waals surface area contributed by atoms with E-state index >= 15 is 0 Å². The topological polar surface area (TPSA) is 27.1 Å². The molecule has 1 atom stereocenters. The molecule has 1 spiro atoms. The van der Waals surface area contributed by atoms with Gasteiger partial charge in [-0.15, -0.1) is 0 Å². The van der Waals surface area contributed by atoms with Crippen LogP contribution in [0.15, 0.2) is 0 Å². The minimum absolute atomic E-state index is 0.209. The highest BCUT2D eigenvalue weighted by Gasteiger charge is 2.43. The first-order valence-corrected chi connectivity index (χ1v) is 7.54. The molecule has 1 aliphatic heterocycles. The van der Waals surface area contributed by atoms with Gasteiger partial charge in [-0.05, 0) is 68.5 Å². The van der Waals surface area contributed by atoms with E-state index < -0.39 is 0 Å². The van der Waals surface area contributed by atoms with Crippen LogP contribution in [0.2, 0.25) is 0 Å². The van der Waals surface area contributed by atoms with E-state index in [2.05, 4.69) is 41.1 Å². The summed E-state index contributed by atoms with van der Waals surface area (Å²) in [6.45, 7) is 5.19. The van der Waals surface area contributed by atoms with Gasteiger partial charge < -0.3 is 4.74 Å². The van der Waals surface area contributed by atoms with Crippen molar-refractivity contribution in [2.75, 3.05) is 6.61 Å². The fraction of sp³-hybridized carbons (Fsp3) is 0.769. The summed E-state index contributed by atoms with van der Waals surface area (Å²) >= 11 is 2.40. The summed E-state index contributed by atoms with van der Waals surface area (Å²) in [5, 5.41) is 4.71. The first kappa shape index (κ1) is 12.0. The molecule has 0 amide bonds. The van der Waals surface area contributed by atoms with E-state index in [0.717, 1.165) is 25.1 Å². The number of hydrogen-bond donors (Lipinski definition) is 0. The molecule has 0 N–H and O–H groups in total. The maximum Gasteiger partial charge on any atom is 0.0730 e. The SMILES string of the molecule is Cc1nn(C2CCOC3(CCC3)C2)c(C)c1I. The number of hydrogen-bond acceptors (Lipinski definition) is 2. The Kier molecular flexibility index (Phi) is 2.97. The summed E-state index contributed by atoms with van der Waals surface area (Å²) < 4.78 is 9.55. The van der Waals surface area contributed by atoms with Gasteiger partial charge in [0.2, 0.25) is 0 Å². The van der Waals surface area contributed by atoms with Crippen LogP contribution in [0.1, 0.15) is 49.5 Å². The van der Waals surface area contributed by atoms with Crippen molar-refractivity contribution in [2.45, 2.75) is 57.6 Å². The van der Waals surface area contributed by atoms with Crippen molar-refractivity contribution in [3.8, 4) is 0 Å². The van der Waals surface area contributed by atoms with Crippen LogP contribution in [0.3, 0.4) is 0 Å². The monoisotopic (exact) mass is 346 g/mol. The van der Waals surface area contributed by atoms with Crippen molar-refractivity contribution in [3.05, 3.63) is 15.0 Å². The molecule has 3 rings (SSSR count). The number of aromatic nitrogens is 2. The van der Waals surface area contributed by atoms with Gasteiger partial charge >= 0.3 is 0 Å². The maximum absolute atomic E-state index is 5.99. The van der Waals surface area contributed by atoms with Crippen LogP contribution in [0.4, 0.5) is 0 Å². The Morgan fingerprint density at radius 1 is 1.41 bits per heavy atom. The van der Waals surface area contributed by atoms with Gasteiger partial charge in [0.1, 0.15) is 0 Å². The van der Waals surface area contributed by atoms with Crippen LogP contribution in [-0.4, -0.2) is 22.0 Å². The number of halogens is 1. The smallest absolute Gasteiger partial charge is 0.0730 e. The molecular formula is C13H19IN2O. The van der Waals surface area contributed by atoms with Crippen LogP contribution in [0.5, 0.6) is 0 Å². The lowest BCUT2D eigenvalue weighted by Gasteiger charge is -2.47. The Morgan fingerprint density at radius 2 is 2.18 bits per heavy atom. The molecular weight excluding hydrogens is 327 g/mol. The standard InChI is InChI=1S/C13H19IN2O/c1-9-12(14)10(2)16(15-9)11-4-7-17-13(8-11)5-3-6-13/h11H,3-8H2,1-2H3. The number of aryl methyl sites for hydroxylation is 1. The third-order valence-corrected chi connectivity index (χ3v) is 5.88. The van der Waals surface area contributed by atoms with Crippen molar-refractivity contribution in [2.24, 2.45) is 0 Å². The molecule has 2 heterocycles. The highest BCUT2D eigenvalue weighted by molar-refractivity contribution is 14.1. The Morgan fingerprint density at radius 3 is 2.71 bits per heavy atom. The summed E-state index contributed by atoms with van der Waals surface area (Å²) in [5.74, 6) is 0. The second-order valence-corrected chi connectivity index (χ2v) is 6.54. The molecule has 0 aromatic carbocycles. The summed E-state index contributed by atoms with van der Waals surface area (Å²) in [4.78, 5) is 0. The second kappa shape index (κ2) is 4.23. The molecule has 2 aliphatic rings. The Bertz CT molecular complexity index is 437. The highest BCUT2D eigenvalue weighted by atomic mass is 127. The fourth-order valence-electron chi connectivity index (χ4n) is 3.13. The average molecular weight is 346 g/mol. The average Bonchev–Trinajstić information content (AvgIpc) is 2.55. The lowest BCUT2D eigenvalue weighted by Crippen LogP contribution is -2.46. The first-order chi connectivity index (χ1) is 8.11. The van der Waals surface area contributed by atoms with Crippen molar-refractivity contribution in [1.82, 2.24) is 9.78 Å². The summed E-state index contributed by atoms with van der Waals surface area (Å²) in [7, 11) is 0. The molecule has 94 valence electrons. The number of ether oxygens (including phenoxy) is 1. The van der Waals surface area contributed by atoms with Crippen LogP contribution < -0.4 is 0 Å². The highest BCUT2D eigenvalue weighted by Crippen LogP contribution is 2.45. The van der Waals surface area contributed by atoms with E-state index in [-0.39, 0.29) is 5.60 Å². The normalized spacial score (nSPS) is 27.1. The van der Waals surface area contributed by atoms with Crippen molar-refractivity contribution >= 4 is 22.6 Å². The van der Waals surface area contributed by atoms with E-state index in [4.69, 9.17) is 9.84 Å². The van der Waals surface area contributed by atoms with Gasteiger partial charge in [-0.1, -0.05) is 0 Å². The minimum atomic E-state index is 0.209. The van der Waals surface area contributed by atoms with E-state index in [1.165, 1.54) is 28.5 Å². The summed E-state index contributed by atoms with van der Waals surface area (Å²) in [5.41, 5.74) is 2.70. The maximum atomic E-state index is 5.99. The summed E-state index contributed by atoms with van der Waals surface area (Å²) in [6.07, 6.45) is 6.10. The fourth-order valence-corrected chi connectivity index (χ4v) is 3.48. The quantitative estimate of drug-likeness (QED) is 0.729. The predicted octanol–water partition coefficient (Wildman–Crippen LogP) is 3.38. The van der Waals surface area contributed by atoms with Gasteiger partial charge in [-0.3, -0.25) is 4.68 Å². The van der Waals surface area contributed by atoms with E-state index in [1.54, 1.807) is 0 Å². The van der Waals surface area contributed by atoms with Crippen molar-refractivity contribution < 1.29 is 4.74 Å². The summed E-state index contributed by atoms with van der Waals surface area (Å²) in [6, 6.07) is 0.547. The third-order valence-electron chi connectivity index (χ3n) is 4.31. The van der Waals surface area contributed by atoms with Crippen molar-refractivity contribution in [3.63, 3.8) is 0 Å². The van der Waals surface area contributed by atoms with Crippen LogP contribution in [-0.2, 0) is 4.74 Å². The Balaban J connectivity index is 1.85. The molecule has 2 fully saturated rings. The van der Waals surface area contributed by atoms with E-state index in [0.29, 0.717) is 6.04 Å². The molecule has 17 heavy (non-hydrogen) atoms. The van der Waals surface area contributed by atoms with Crippen LogP contribution in [0.25, 0.3) is 0 Å². The zero-order chi connectivity index (χ0) is 12.0. The molecule has 1 saturated heterocycles. The van der Waals surface area contributed by atoms with Gasteiger partial charge in [-0.2, -0.15) is 5.10 Å². The molecule has 1 unspecified atom stereocenters. The van der Waals surface area contributed by atoms with Gasteiger partial charge in [0, 0.05) is 12.3 Å². The molecule has 1 aromatic heterocycles. The zero-order valence-corrected chi connectivity index (χ0v) is 12.7. The van der Waals surface area contributed by atoms with Gasteiger partial charge in [-0.25, -0.2) is 0 Å². The Labute approximate surface area is 116 Å². The van der Waals surface area contributed by atoms with Gasteiger partial charge in [0.05, 0.1) is 20.9 Å². The molecule has 0 radical (unpaired) electrons. The molecule has 1 aromatic rings. The largest absolute Gasteiger partial charge is 0.375 e. The molecule has 4 heteroatoms. The molecule has 0 bridgehead atoms. The van der Waals surface area contributed by atoms with Crippen LogP contribution in [0, 0.1) is 17.4 Å². The van der Waals surface area contributed by atoms with E-state index in [1.807, 2.05) is 0 Å². The van der Waals surface area contributed by atoms with E-state index in [9.17, 15) is 0 Å². The van der Waals surface area contributed by atoms with Gasteiger partial charge in [0.15, 0.2) is 0 Å². The lowest BCUT2D eigenvalue weighted by atomic mass is 9.74. The zero-order valence-electron chi connectivity index (χ0n) is 10.5.